The number of hydrogen-bond acceptors (Lipinski definition) is 8. The second-order valence-corrected chi connectivity index (χ2v) is 7.52. The summed E-state index contributed by atoms with van der Waals surface area (Å²) in [7, 11) is 1.66. The highest BCUT2D eigenvalue weighted by atomic mass is 16.5. The predicted octanol–water partition coefficient (Wildman–Crippen LogP) is 3.73. The highest BCUT2D eigenvalue weighted by molar-refractivity contribution is 5.99. The average Bonchev–Trinajstić information content (AvgIpc) is 3.31. The van der Waals surface area contributed by atoms with E-state index in [9.17, 15) is 4.79 Å². The number of hydrogen-bond donors (Lipinski definition) is 3. The van der Waals surface area contributed by atoms with Gasteiger partial charge in [0.1, 0.15) is 5.82 Å². The molecule has 1 aliphatic rings. The lowest BCUT2D eigenvalue weighted by Gasteiger charge is -2.18. The minimum atomic E-state index is -0.258. The maximum absolute atomic E-state index is 11.5. The highest BCUT2D eigenvalue weighted by Crippen LogP contribution is 2.30. The van der Waals surface area contributed by atoms with Gasteiger partial charge in [0.25, 0.3) is 0 Å². The number of carbonyl (C=O) groups excluding carboxylic acids is 1. The third-order valence-electron chi connectivity index (χ3n) is 5.11. The number of methoxy groups -OCH3 is 1. The van der Waals surface area contributed by atoms with Gasteiger partial charge in [0.05, 0.1) is 38.2 Å². The maximum Gasteiger partial charge on any atom is 0.247 e. The van der Waals surface area contributed by atoms with Crippen LogP contribution in [0.15, 0.2) is 61.6 Å². The first-order chi connectivity index (χ1) is 16.6. The van der Waals surface area contributed by atoms with Crippen LogP contribution in [0.2, 0.25) is 0 Å². The molecule has 0 bridgehead atoms. The van der Waals surface area contributed by atoms with Crippen molar-refractivity contribution in [2.75, 3.05) is 42.9 Å². The molecule has 0 saturated heterocycles. The Bertz CT molecular complexity index is 1170. The molecular weight excluding hydrogens is 434 g/mol. The first kappa shape index (κ1) is 23.1. The Kier molecular flexibility index (Phi) is 7.63. The number of benzene rings is 1. The summed E-state index contributed by atoms with van der Waals surface area (Å²) in [6, 6.07) is 7.36. The number of amides is 1. The highest BCUT2D eigenvalue weighted by Gasteiger charge is 2.15. The summed E-state index contributed by atoms with van der Waals surface area (Å²) in [6.45, 7) is 5.92. The van der Waals surface area contributed by atoms with Crippen LogP contribution < -0.4 is 16.0 Å². The van der Waals surface area contributed by atoms with Crippen molar-refractivity contribution in [3.8, 4) is 0 Å². The van der Waals surface area contributed by atoms with Crippen LogP contribution in [0.4, 0.5) is 28.8 Å². The van der Waals surface area contributed by atoms with Crippen molar-refractivity contribution >= 4 is 40.3 Å². The molecule has 2 aromatic heterocycles. The molecule has 0 radical (unpaired) electrons. The fourth-order valence-electron chi connectivity index (χ4n) is 3.38. The summed E-state index contributed by atoms with van der Waals surface area (Å²) in [4.78, 5) is 20.8. The SMILES string of the molecule is C=CC(=O)Nc1ccc(Nc2nc(Nc3cnn(CCOC)c3)ncc2C2=CCOCC2)cc1. The molecule has 0 saturated carbocycles. The van der Waals surface area contributed by atoms with Crippen molar-refractivity contribution in [3.05, 3.63) is 67.2 Å². The van der Waals surface area contributed by atoms with E-state index in [1.807, 2.05) is 42.7 Å². The molecule has 4 rings (SSSR count). The quantitative estimate of drug-likeness (QED) is 0.391. The monoisotopic (exact) mass is 461 g/mol. The van der Waals surface area contributed by atoms with Gasteiger partial charge in [0.2, 0.25) is 11.9 Å². The Morgan fingerprint density at radius 2 is 2.03 bits per heavy atom. The van der Waals surface area contributed by atoms with Gasteiger partial charge in [0, 0.05) is 36.4 Å². The van der Waals surface area contributed by atoms with Gasteiger partial charge in [-0.05, 0) is 42.3 Å². The van der Waals surface area contributed by atoms with Gasteiger partial charge in [-0.2, -0.15) is 10.1 Å². The zero-order chi connectivity index (χ0) is 23.8. The molecule has 0 atom stereocenters. The Morgan fingerprint density at radius 3 is 2.76 bits per heavy atom. The van der Waals surface area contributed by atoms with E-state index in [0.717, 1.165) is 28.9 Å². The van der Waals surface area contributed by atoms with Crippen LogP contribution in [0.3, 0.4) is 0 Å². The summed E-state index contributed by atoms with van der Waals surface area (Å²) in [6.07, 6.45) is 9.47. The molecule has 34 heavy (non-hydrogen) atoms. The molecule has 0 spiro atoms. The van der Waals surface area contributed by atoms with Crippen LogP contribution in [0.1, 0.15) is 12.0 Å². The second kappa shape index (κ2) is 11.2. The third-order valence-corrected chi connectivity index (χ3v) is 5.11. The van der Waals surface area contributed by atoms with Crippen LogP contribution in [0, 0.1) is 0 Å². The fourth-order valence-corrected chi connectivity index (χ4v) is 3.38. The van der Waals surface area contributed by atoms with E-state index in [4.69, 9.17) is 14.5 Å². The summed E-state index contributed by atoms with van der Waals surface area (Å²) in [5.41, 5.74) is 4.32. The topological polar surface area (TPSA) is 115 Å². The minimum absolute atomic E-state index is 0.258. The third kappa shape index (κ3) is 6.06. The minimum Gasteiger partial charge on any atom is -0.383 e. The van der Waals surface area contributed by atoms with Crippen LogP contribution in [-0.4, -0.2) is 52.6 Å². The molecule has 0 unspecified atom stereocenters. The molecular formula is C24H27N7O3. The molecule has 176 valence electrons. The number of nitrogens with zero attached hydrogens (tertiary/aromatic N) is 4. The number of ether oxygens (including phenoxy) is 2. The zero-order valence-corrected chi connectivity index (χ0v) is 19.0. The first-order valence-electron chi connectivity index (χ1n) is 10.9. The number of rotatable bonds is 10. The molecule has 1 aromatic carbocycles. The van der Waals surface area contributed by atoms with Crippen molar-refractivity contribution in [1.82, 2.24) is 19.7 Å². The maximum atomic E-state index is 11.5. The van der Waals surface area contributed by atoms with Gasteiger partial charge in [-0.15, -0.1) is 0 Å². The van der Waals surface area contributed by atoms with Gasteiger partial charge in [0.15, 0.2) is 0 Å². The van der Waals surface area contributed by atoms with E-state index in [2.05, 4.69) is 32.6 Å². The summed E-state index contributed by atoms with van der Waals surface area (Å²) in [5.74, 6) is 0.854. The van der Waals surface area contributed by atoms with Crippen LogP contribution >= 0.6 is 0 Å². The number of anilines is 5. The number of carbonyl (C=O) groups is 1. The van der Waals surface area contributed by atoms with Gasteiger partial charge in [-0.25, -0.2) is 4.98 Å². The van der Waals surface area contributed by atoms with E-state index < -0.39 is 0 Å². The van der Waals surface area contributed by atoms with Crippen molar-refractivity contribution in [1.29, 1.82) is 0 Å². The van der Waals surface area contributed by atoms with Gasteiger partial charge >= 0.3 is 0 Å². The van der Waals surface area contributed by atoms with Gasteiger partial charge in [-0.1, -0.05) is 12.7 Å². The summed E-state index contributed by atoms with van der Waals surface area (Å²) in [5, 5.41) is 13.6. The fraction of sp³-hybridized carbons (Fsp3) is 0.250. The molecule has 10 nitrogen and oxygen atoms in total. The van der Waals surface area contributed by atoms with E-state index in [1.165, 1.54) is 6.08 Å². The Hall–Kier alpha value is -4.02. The molecule has 0 aliphatic carbocycles. The van der Waals surface area contributed by atoms with E-state index in [-0.39, 0.29) is 5.91 Å². The standard InChI is InChI=1S/C24H27N7O3/c1-3-22(32)27-18-4-6-19(7-5-18)28-23-21(17-8-11-34-12-9-17)15-25-24(30-23)29-20-14-26-31(16-20)10-13-33-2/h3-8,14-16H,1,9-13H2,2H3,(H,27,32)(H2,25,28,29,30). The smallest absolute Gasteiger partial charge is 0.247 e. The Labute approximate surface area is 197 Å². The Morgan fingerprint density at radius 1 is 1.21 bits per heavy atom. The molecule has 3 N–H and O–H groups in total. The van der Waals surface area contributed by atoms with E-state index in [0.29, 0.717) is 43.8 Å². The van der Waals surface area contributed by atoms with E-state index >= 15 is 0 Å². The van der Waals surface area contributed by atoms with Crippen LogP contribution in [0.25, 0.3) is 5.57 Å². The normalized spacial score (nSPS) is 13.1. The largest absolute Gasteiger partial charge is 0.383 e. The first-order valence-corrected chi connectivity index (χ1v) is 10.9. The molecule has 1 amide bonds. The predicted molar refractivity (Wildman–Crippen MR) is 131 cm³/mol. The average molecular weight is 462 g/mol. The van der Waals surface area contributed by atoms with Crippen molar-refractivity contribution in [3.63, 3.8) is 0 Å². The lowest BCUT2D eigenvalue weighted by molar-refractivity contribution is -0.111. The molecule has 3 heterocycles. The van der Waals surface area contributed by atoms with E-state index in [1.54, 1.807) is 18.0 Å². The van der Waals surface area contributed by atoms with Crippen LogP contribution in [0.5, 0.6) is 0 Å². The molecule has 0 fully saturated rings. The zero-order valence-electron chi connectivity index (χ0n) is 19.0. The van der Waals surface area contributed by atoms with Crippen molar-refractivity contribution in [2.24, 2.45) is 0 Å². The Balaban J connectivity index is 1.56. The second-order valence-electron chi connectivity index (χ2n) is 7.52. The van der Waals surface area contributed by atoms with Gasteiger partial charge < -0.3 is 25.4 Å². The summed E-state index contributed by atoms with van der Waals surface area (Å²) < 4.78 is 12.3. The molecule has 10 heteroatoms. The number of nitrogens with one attached hydrogen (secondary N) is 3. The van der Waals surface area contributed by atoms with Gasteiger partial charge in [-0.3, -0.25) is 9.48 Å². The summed E-state index contributed by atoms with van der Waals surface area (Å²) >= 11 is 0. The lowest BCUT2D eigenvalue weighted by Crippen LogP contribution is -2.09. The lowest BCUT2D eigenvalue weighted by atomic mass is 10.0. The number of aromatic nitrogens is 4. The molecule has 1 aliphatic heterocycles. The van der Waals surface area contributed by atoms with Crippen molar-refractivity contribution < 1.29 is 14.3 Å². The van der Waals surface area contributed by atoms with Crippen molar-refractivity contribution in [2.45, 2.75) is 13.0 Å². The molecule has 3 aromatic rings. The van der Waals surface area contributed by atoms with Crippen LogP contribution in [-0.2, 0) is 20.8 Å².